The summed E-state index contributed by atoms with van der Waals surface area (Å²) in [7, 11) is 0. The number of carboxylic acid groups (broad SMARTS) is 1. The lowest BCUT2D eigenvalue weighted by Gasteiger charge is -2.22. The van der Waals surface area contributed by atoms with Gasteiger partial charge in [-0.3, -0.25) is 4.79 Å². The topological polar surface area (TPSA) is 102 Å². The van der Waals surface area contributed by atoms with E-state index in [9.17, 15) is 4.79 Å². The predicted octanol–water partition coefficient (Wildman–Crippen LogP) is 0.312. The van der Waals surface area contributed by atoms with E-state index >= 15 is 0 Å². The van der Waals surface area contributed by atoms with Crippen LogP contribution in [0.15, 0.2) is 18.3 Å². The molecule has 0 spiro atoms. The van der Waals surface area contributed by atoms with Crippen LogP contribution < -0.4 is 11.5 Å². The molecule has 0 bridgehead atoms. The average Bonchev–Trinajstić information content (AvgIpc) is 2.01. The van der Waals surface area contributed by atoms with Crippen molar-refractivity contribution in [2.45, 2.75) is 18.9 Å². The van der Waals surface area contributed by atoms with E-state index in [4.69, 9.17) is 16.6 Å². The number of carbonyl (C=O) groups is 1. The van der Waals surface area contributed by atoms with Gasteiger partial charge in [0.25, 0.3) is 0 Å². The number of aliphatic carboxylic acids is 1. The van der Waals surface area contributed by atoms with Gasteiger partial charge in [0.2, 0.25) is 0 Å². The molecular formula is C9H13N3O2. The molecule has 1 atom stereocenters. The maximum Gasteiger partial charge on any atom is 0.305 e. The fourth-order valence-electron chi connectivity index (χ4n) is 1.22. The van der Waals surface area contributed by atoms with Crippen molar-refractivity contribution < 1.29 is 9.90 Å². The molecule has 14 heavy (non-hydrogen) atoms. The third kappa shape index (κ3) is 2.43. The molecule has 5 N–H and O–H groups in total. The highest BCUT2D eigenvalue weighted by atomic mass is 16.4. The number of hydrogen-bond donors (Lipinski definition) is 3. The van der Waals surface area contributed by atoms with Crippen molar-refractivity contribution in [2.75, 3.05) is 5.73 Å². The minimum atomic E-state index is -0.939. The van der Waals surface area contributed by atoms with Crippen LogP contribution in [-0.2, 0) is 10.3 Å². The number of anilines is 1. The van der Waals surface area contributed by atoms with Crippen LogP contribution in [0.5, 0.6) is 0 Å². The number of rotatable bonds is 3. The van der Waals surface area contributed by atoms with Gasteiger partial charge >= 0.3 is 5.97 Å². The summed E-state index contributed by atoms with van der Waals surface area (Å²) in [6, 6.07) is 3.25. The molecule has 0 saturated carbocycles. The highest BCUT2D eigenvalue weighted by Gasteiger charge is 2.24. The summed E-state index contributed by atoms with van der Waals surface area (Å²) >= 11 is 0. The fraction of sp³-hybridized carbons (Fsp3) is 0.333. The lowest BCUT2D eigenvalue weighted by Crippen LogP contribution is -2.35. The van der Waals surface area contributed by atoms with E-state index in [0.29, 0.717) is 11.4 Å². The van der Waals surface area contributed by atoms with Gasteiger partial charge in [0.15, 0.2) is 0 Å². The number of pyridine rings is 1. The Kier molecular flexibility index (Phi) is 2.71. The first-order valence-corrected chi connectivity index (χ1v) is 4.14. The van der Waals surface area contributed by atoms with Gasteiger partial charge in [0, 0.05) is 11.7 Å². The summed E-state index contributed by atoms with van der Waals surface area (Å²) in [6.45, 7) is 1.65. The van der Waals surface area contributed by atoms with Gasteiger partial charge < -0.3 is 16.6 Å². The van der Waals surface area contributed by atoms with Gasteiger partial charge in [-0.15, -0.1) is 0 Å². The SMILES string of the molecule is CC(N)(CC(=O)O)c1ccnc(N)c1. The molecule has 76 valence electrons. The Balaban J connectivity index is 2.97. The van der Waals surface area contributed by atoms with Crippen LogP contribution in [0.2, 0.25) is 0 Å². The Morgan fingerprint density at radius 2 is 2.36 bits per heavy atom. The van der Waals surface area contributed by atoms with E-state index in [1.807, 2.05) is 0 Å². The summed E-state index contributed by atoms with van der Waals surface area (Å²) in [6.07, 6.45) is 1.37. The van der Waals surface area contributed by atoms with E-state index in [1.165, 1.54) is 6.20 Å². The number of hydrogen-bond acceptors (Lipinski definition) is 4. The Hall–Kier alpha value is -1.62. The molecule has 0 fully saturated rings. The molecule has 1 heterocycles. The van der Waals surface area contributed by atoms with Crippen molar-refractivity contribution in [2.24, 2.45) is 5.73 Å². The molecule has 0 aliphatic heterocycles. The van der Waals surface area contributed by atoms with E-state index in [0.717, 1.165) is 0 Å². The lowest BCUT2D eigenvalue weighted by molar-refractivity contribution is -0.138. The molecule has 0 aromatic carbocycles. The van der Waals surface area contributed by atoms with Crippen molar-refractivity contribution >= 4 is 11.8 Å². The monoisotopic (exact) mass is 195 g/mol. The second-order valence-corrected chi connectivity index (χ2v) is 3.46. The molecule has 1 unspecified atom stereocenters. The van der Waals surface area contributed by atoms with Crippen LogP contribution in [0.3, 0.4) is 0 Å². The molecule has 1 aromatic rings. The van der Waals surface area contributed by atoms with Crippen molar-refractivity contribution in [3.63, 3.8) is 0 Å². The second kappa shape index (κ2) is 3.63. The molecule has 0 aliphatic rings. The molecule has 1 rings (SSSR count). The standard InChI is InChI=1S/C9H13N3O2/c1-9(11,5-8(13)14)6-2-3-12-7(10)4-6/h2-4H,5,11H2,1H3,(H2,10,12)(H,13,14). The highest BCUT2D eigenvalue weighted by Crippen LogP contribution is 2.22. The number of carboxylic acids is 1. The Morgan fingerprint density at radius 1 is 1.71 bits per heavy atom. The number of nitrogens with zero attached hydrogens (tertiary/aromatic N) is 1. The largest absolute Gasteiger partial charge is 0.481 e. The average molecular weight is 195 g/mol. The van der Waals surface area contributed by atoms with Gasteiger partial charge in [-0.1, -0.05) is 0 Å². The van der Waals surface area contributed by atoms with Crippen molar-refractivity contribution in [1.29, 1.82) is 0 Å². The molecule has 1 aromatic heterocycles. The van der Waals surface area contributed by atoms with Gasteiger partial charge in [0.1, 0.15) is 5.82 Å². The molecule has 0 radical (unpaired) electrons. The van der Waals surface area contributed by atoms with Gasteiger partial charge in [0.05, 0.1) is 6.42 Å². The van der Waals surface area contributed by atoms with Crippen LogP contribution in [0, 0.1) is 0 Å². The van der Waals surface area contributed by atoms with Crippen LogP contribution in [0.1, 0.15) is 18.9 Å². The van der Waals surface area contributed by atoms with Crippen LogP contribution in [-0.4, -0.2) is 16.1 Å². The van der Waals surface area contributed by atoms with E-state index < -0.39 is 11.5 Å². The van der Waals surface area contributed by atoms with Gasteiger partial charge in [-0.05, 0) is 24.6 Å². The summed E-state index contributed by atoms with van der Waals surface area (Å²) in [4.78, 5) is 14.4. The summed E-state index contributed by atoms with van der Waals surface area (Å²) in [5, 5.41) is 8.65. The summed E-state index contributed by atoms with van der Waals surface area (Å²) < 4.78 is 0. The van der Waals surface area contributed by atoms with Crippen molar-refractivity contribution in [3.05, 3.63) is 23.9 Å². The van der Waals surface area contributed by atoms with Crippen molar-refractivity contribution in [3.8, 4) is 0 Å². The molecule has 5 heteroatoms. The molecular weight excluding hydrogens is 182 g/mol. The Bertz CT molecular complexity index is 350. The first-order valence-electron chi connectivity index (χ1n) is 4.14. The molecule has 5 nitrogen and oxygen atoms in total. The van der Waals surface area contributed by atoms with Gasteiger partial charge in [-0.2, -0.15) is 0 Å². The third-order valence-corrected chi connectivity index (χ3v) is 1.96. The molecule has 0 amide bonds. The van der Waals surface area contributed by atoms with Crippen LogP contribution >= 0.6 is 0 Å². The number of aromatic nitrogens is 1. The normalized spacial score (nSPS) is 14.7. The minimum Gasteiger partial charge on any atom is -0.481 e. The van der Waals surface area contributed by atoms with Crippen molar-refractivity contribution in [1.82, 2.24) is 4.98 Å². The maximum absolute atomic E-state index is 10.5. The third-order valence-electron chi connectivity index (χ3n) is 1.96. The van der Waals surface area contributed by atoms with Crippen LogP contribution in [0.25, 0.3) is 0 Å². The number of nitrogens with two attached hydrogens (primary N) is 2. The van der Waals surface area contributed by atoms with E-state index in [2.05, 4.69) is 4.98 Å². The smallest absolute Gasteiger partial charge is 0.305 e. The molecule has 0 aliphatic carbocycles. The zero-order valence-electron chi connectivity index (χ0n) is 7.90. The Labute approximate surface area is 81.7 Å². The van der Waals surface area contributed by atoms with E-state index in [1.54, 1.807) is 19.1 Å². The fourth-order valence-corrected chi connectivity index (χ4v) is 1.22. The van der Waals surface area contributed by atoms with E-state index in [-0.39, 0.29) is 6.42 Å². The highest BCUT2D eigenvalue weighted by molar-refractivity contribution is 5.68. The first kappa shape index (κ1) is 10.5. The predicted molar refractivity (Wildman–Crippen MR) is 52.4 cm³/mol. The zero-order chi connectivity index (χ0) is 10.8. The molecule has 0 saturated heterocycles. The first-order chi connectivity index (χ1) is 6.42. The quantitative estimate of drug-likeness (QED) is 0.644. The van der Waals surface area contributed by atoms with Crippen LogP contribution in [0.4, 0.5) is 5.82 Å². The maximum atomic E-state index is 10.5. The Morgan fingerprint density at radius 3 is 2.86 bits per heavy atom. The number of nitrogen functional groups attached to an aromatic ring is 1. The zero-order valence-corrected chi connectivity index (χ0v) is 7.90. The van der Waals surface area contributed by atoms with Gasteiger partial charge in [-0.25, -0.2) is 4.98 Å². The summed E-state index contributed by atoms with van der Waals surface area (Å²) in [5.41, 5.74) is 11.1. The summed E-state index contributed by atoms with van der Waals surface area (Å²) in [5.74, 6) is -0.602. The minimum absolute atomic E-state index is 0.142. The lowest BCUT2D eigenvalue weighted by atomic mass is 9.90. The second-order valence-electron chi connectivity index (χ2n) is 3.46.